The van der Waals surface area contributed by atoms with E-state index in [9.17, 15) is 0 Å². The minimum Gasteiger partial charge on any atom is -0.327 e. The van der Waals surface area contributed by atoms with Crippen LogP contribution in [0.4, 0.5) is 0 Å². The van der Waals surface area contributed by atoms with E-state index in [-0.39, 0.29) is 5.28 Å². The summed E-state index contributed by atoms with van der Waals surface area (Å²) in [6.07, 6.45) is 22.4. The van der Waals surface area contributed by atoms with Gasteiger partial charge in [0.1, 0.15) is 5.52 Å². The molecule has 0 bridgehead atoms. The van der Waals surface area contributed by atoms with Crippen LogP contribution in [0.1, 0.15) is 103 Å². The lowest BCUT2D eigenvalue weighted by molar-refractivity contribution is 0.524. The number of unbranched alkanes of at least 4 members (excludes halogenated alkanes) is 14. The van der Waals surface area contributed by atoms with Crippen LogP contribution in [0.5, 0.6) is 0 Å². The van der Waals surface area contributed by atoms with E-state index < -0.39 is 0 Å². The summed E-state index contributed by atoms with van der Waals surface area (Å²) in [6.45, 7) is 3.18. The Kier molecular flexibility index (Phi) is 11.8. The molecule has 28 heavy (non-hydrogen) atoms. The quantitative estimate of drug-likeness (QED) is 0.155. The standard InChI is InChI=1S/C22H36Cl2N4/c1-2-3-4-5-6-7-8-9-10-11-12-13-14-15-16-17-28-18-25-21-19(28)20(23)26-22(24)27-21/h18H,2-17H2,1H3. The third kappa shape index (κ3) is 8.65. The summed E-state index contributed by atoms with van der Waals surface area (Å²) >= 11 is 12.0. The van der Waals surface area contributed by atoms with Crippen LogP contribution in [0.2, 0.25) is 10.4 Å². The van der Waals surface area contributed by atoms with Crippen molar-refractivity contribution in [3.8, 4) is 0 Å². The molecule has 2 heterocycles. The van der Waals surface area contributed by atoms with Gasteiger partial charge in [0, 0.05) is 6.54 Å². The molecule has 6 heteroatoms. The second-order valence-corrected chi connectivity index (χ2v) is 8.54. The Balaban J connectivity index is 1.43. The average molecular weight is 427 g/mol. The van der Waals surface area contributed by atoms with Gasteiger partial charge in [0.15, 0.2) is 10.8 Å². The number of halogens is 2. The van der Waals surface area contributed by atoms with Gasteiger partial charge in [-0.3, -0.25) is 0 Å². The van der Waals surface area contributed by atoms with E-state index >= 15 is 0 Å². The molecular formula is C22H36Cl2N4. The molecule has 0 unspecified atom stereocenters. The molecule has 0 aliphatic heterocycles. The second-order valence-electron chi connectivity index (χ2n) is 7.84. The number of aromatic nitrogens is 4. The average Bonchev–Trinajstić information content (AvgIpc) is 3.08. The molecule has 0 radical (unpaired) electrons. The lowest BCUT2D eigenvalue weighted by atomic mass is 10.0. The van der Waals surface area contributed by atoms with Crippen LogP contribution in [0.15, 0.2) is 6.33 Å². The van der Waals surface area contributed by atoms with Crippen molar-refractivity contribution in [2.24, 2.45) is 0 Å². The molecule has 0 aliphatic carbocycles. The molecule has 0 saturated heterocycles. The predicted octanol–water partition coefficient (Wildman–Crippen LogP) is 8.00. The van der Waals surface area contributed by atoms with Gasteiger partial charge in [-0.25, -0.2) is 9.97 Å². The van der Waals surface area contributed by atoms with E-state index in [0.29, 0.717) is 10.8 Å². The van der Waals surface area contributed by atoms with Gasteiger partial charge in [-0.05, 0) is 18.0 Å². The Morgan fingerprint density at radius 1 is 0.714 bits per heavy atom. The van der Waals surface area contributed by atoms with Gasteiger partial charge in [-0.15, -0.1) is 0 Å². The van der Waals surface area contributed by atoms with E-state index in [1.54, 1.807) is 6.33 Å². The third-order valence-corrected chi connectivity index (χ3v) is 5.84. The Bertz CT molecular complexity index is 672. The summed E-state index contributed by atoms with van der Waals surface area (Å²) in [5.74, 6) is 0. The van der Waals surface area contributed by atoms with Gasteiger partial charge in [0.25, 0.3) is 0 Å². The molecule has 0 aliphatic rings. The van der Waals surface area contributed by atoms with E-state index in [1.165, 1.54) is 89.9 Å². The zero-order chi connectivity index (χ0) is 20.0. The minimum atomic E-state index is 0.148. The van der Waals surface area contributed by atoms with E-state index in [0.717, 1.165) is 18.5 Å². The van der Waals surface area contributed by atoms with Gasteiger partial charge >= 0.3 is 0 Å². The fourth-order valence-electron chi connectivity index (χ4n) is 3.73. The van der Waals surface area contributed by atoms with Crippen LogP contribution in [-0.4, -0.2) is 19.5 Å². The van der Waals surface area contributed by atoms with Gasteiger partial charge in [0.05, 0.1) is 6.33 Å². The first-order chi connectivity index (χ1) is 13.7. The number of fused-ring (bicyclic) bond motifs is 1. The maximum absolute atomic E-state index is 6.18. The lowest BCUT2D eigenvalue weighted by Gasteiger charge is -2.05. The van der Waals surface area contributed by atoms with Crippen molar-refractivity contribution >= 4 is 34.4 Å². The smallest absolute Gasteiger partial charge is 0.225 e. The third-order valence-electron chi connectivity index (χ3n) is 5.40. The molecule has 0 fully saturated rings. The Morgan fingerprint density at radius 2 is 1.21 bits per heavy atom. The highest BCUT2D eigenvalue weighted by Gasteiger charge is 2.10. The zero-order valence-corrected chi connectivity index (χ0v) is 18.9. The Morgan fingerprint density at radius 3 is 1.75 bits per heavy atom. The molecule has 4 nitrogen and oxygen atoms in total. The molecule has 2 aromatic heterocycles. The number of nitrogens with zero attached hydrogens (tertiary/aromatic N) is 4. The van der Waals surface area contributed by atoms with Crippen molar-refractivity contribution in [3.63, 3.8) is 0 Å². The summed E-state index contributed by atoms with van der Waals surface area (Å²) in [5.41, 5.74) is 1.36. The lowest BCUT2D eigenvalue weighted by Crippen LogP contribution is -1.98. The van der Waals surface area contributed by atoms with Crippen LogP contribution in [0, 0.1) is 0 Å². The normalized spacial score (nSPS) is 11.5. The summed E-state index contributed by atoms with van der Waals surface area (Å²) in [7, 11) is 0. The molecule has 0 amide bonds. The topological polar surface area (TPSA) is 43.6 Å². The fraction of sp³-hybridized carbons (Fsp3) is 0.773. The molecule has 158 valence electrons. The van der Waals surface area contributed by atoms with E-state index in [2.05, 4.69) is 21.9 Å². The number of hydrogen-bond donors (Lipinski definition) is 0. The number of aryl methyl sites for hydroxylation is 1. The van der Waals surface area contributed by atoms with Crippen LogP contribution in [-0.2, 0) is 6.54 Å². The largest absolute Gasteiger partial charge is 0.327 e. The maximum atomic E-state index is 6.18. The monoisotopic (exact) mass is 426 g/mol. The summed E-state index contributed by atoms with van der Waals surface area (Å²) in [5, 5.41) is 0.531. The van der Waals surface area contributed by atoms with Gasteiger partial charge in [0.2, 0.25) is 5.28 Å². The highest BCUT2D eigenvalue weighted by molar-refractivity contribution is 6.35. The Hall–Kier alpha value is -0.870. The highest BCUT2D eigenvalue weighted by Crippen LogP contribution is 2.22. The first kappa shape index (κ1) is 23.4. The SMILES string of the molecule is CCCCCCCCCCCCCCCCCn1cnc2nc(Cl)nc(Cl)c21. The number of rotatable bonds is 16. The highest BCUT2D eigenvalue weighted by atomic mass is 35.5. The second kappa shape index (κ2) is 14.2. The summed E-state index contributed by atoms with van der Waals surface area (Å²) in [6, 6.07) is 0. The molecule has 0 spiro atoms. The van der Waals surface area contributed by atoms with Gasteiger partial charge in [-0.1, -0.05) is 108 Å². The Labute approximate surface area is 180 Å². The maximum Gasteiger partial charge on any atom is 0.225 e. The molecule has 0 N–H and O–H groups in total. The number of hydrogen-bond acceptors (Lipinski definition) is 3. The molecular weight excluding hydrogens is 391 g/mol. The van der Waals surface area contributed by atoms with Crippen LogP contribution >= 0.6 is 23.2 Å². The van der Waals surface area contributed by atoms with Crippen molar-refractivity contribution in [3.05, 3.63) is 16.8 Å². The van der Waals surface area contributed by atoms with Crippen molar-refractivity contribution in [1.82, 2.24) is 19.5 Å². The zero-order valence-electron chi connectivity index (χ0n) is 17.4. The van der Waals surface area contributed by atoms with Crippen LogP contribution < -0.4 is 0 Å². The first-order valence-electron chi connectivity index (χ1n) is 11.3. The van der Waals surface area contributed by atoms with Crippen LogP contribution in [0.25, 0.3) is 11.2 Å². The minimum absolute atomic E-state index is 0.148. The molecule has 2 rings (SSSR count). The van der Waals surface area contributed by atoms with Gasteiger partial charge in [-0.2, -0.15) is 4.98 Å². The van der Waals surface area contributed by atoms with Crippen molar-refractivity contribution in [2.75, 3.05) is 0 Å². The molecule has 2 aromatic rings. The van der Waals surface area contributed by atoms with Crippen LogP contribution in [0.3, 0.4) is 0 Å². The van der Waals surface area contributed by atoms with E-state index in [1.807, 2.05) is 4.57 Å². The molecule has 0 saturated carbocycles. The fourth-order valence-corrected chi connectivity index (χ4v) is 4.21. The summed E-state index contributed by atoms with van der Waals surface area (Å²) in [4.78, 5) is 12.4. The van der Waals surface area contributed by atoms with Gasteiger partial charge < -0.3 is 4.57 Å². The predicted molar refractivity (Wildman–Crippen MR) is 120 cm³/mol. The summed E-state index contributed by atoms with van der Waals surface area (Å²) < 4.78 is 2.04. The van der Waals surface area contributed by atoms with Crippen molar-refractivity contribution < 1.29 is 0 Å². The van der Waals surface area contributed by atoms with Crippen molar-refractivity contribution in [2.45, 2.75) is 110 Å². The van der Waals surface area contributed by atoms with E-state index in [4.69, 9.17) is 23.2 Å². The molecule has 0 atom stereocenters. The molecule has 0 aromatic carbocycles. The number of imidazole rings is 1. The first-order valence-corrected chi connectivity index (χ1v) is 12.0. The van der Waals surface area contributed by atoms with Crippen molar-refractivity contribution in [1.29, 1.82) is 0 Å².